The van der Waals surface area contributed by atoms with Crippen LogP contribution in [0.3, 0.4) is 0 Å². The highest BCUT2D eigenvalue weighted by Crippen LogP contribution is 2.47. The number of benzene rings is 2. The number of amides is 2. The number of hydrogen-bond acceptors (Lipinski definition) is 6. The molecule has 3 atom stereocenters. The van der Waals surface area contributed by atoms with Crippen molar-refractivity contribution in [1.82, 2.24) is 10.2 Å². The summed E-state index contributed by atoms with van der Waals surface area (Å²) in [5.41, 5.74) is 1.73. The minimum absolute atomic E-state index is 0.156. The maximum atomic E-state index is 12.6. The predicted octanol–water partition coefficient (Wildman–Crippen LogP) is 3.46. The monoisotopic (exact) mass is 467 g/mol. The molecule has 2 N–H and O–H groups in total. The summed E-state index contributed by atoms with van der Waals surface area (Å²) in [5.74, 6) is 0.0837. The molecule has 2 aromatic rings. The van der Waals surface area contributed by atoms with Crippen LogP contribution in [-0.2, 0) is 4.79 Å². The number of carboxylic acids is 1. The summed E-state index contributed by atoms with van der Waals surface area (Å²) >= 11 is 0. The van der Waals surface area contributed by atoms with Gasteiger partial charge in [0.25, 0.3) is 0 Å². The lowest BCUT2D eigenvalue weighted by atomic mass is 9.82. The van der Waals surface area contributed by atoms with Crippen LogP contribution >= 0.6 is 0 Å². The summed E-state index contributed by atoms with van der Waals surface area (Å²) in [6.45, 7) is 3.50. The van der Waals surface area contributed by atoms with Crippen molar-refractivity contribution < 1.29 is 28.9 Å². The van der Waals surface area contributed by atoms with Crippen LogP contribution in [0.5, 0.6) is 17.2 Å². The largest absolute Gasteiger partial charge is 0.497 e. The van der Waals surface area contributed by atoms with Gasteiger partial charge in [0, 0.05) is 37.8 Å². The lowest BCUT2D eigenvalue weighted by Gasteiger charge is -2.26. The van der Waals surface area contributed by atoms with Gasteiger partial charge in [-0.05, 0) is 41.8 Å². The summed E-state index contributed by atoms with van der Waals surface area (Å²) in [4.78, 5) is 30.5. The Labute approximate surface area is 198 Å². The topological polar surface area (TPSA) is 110 Å². The van der Waals surface area contributed by atoms with Gasteiger partial charge in [-0.3, -0.25) is 9.69 Å². The SMILES string of the molecule is CCCNC(=O)N=CCN1C[C@H](c2ccc3c(c2)OCO3)[C@H](C(=O)O)[C@H]1c1ccc(OC)cc1. The van der Waals surface area contributed by atoms with Crippen molar-refractivity contribution in [3.63, 3.8) is 0 Å². The Morgan fingerprint density at radius 2 is 1.91 bits per heavy atom. The predicted molar refractivity (Wildman–Crippen MR) is 126 cm³/mol. The van der Waals surface area contributed by atoms with Crippen molar-refractivity contribution in [3.8, 4) is 17.2 Å². The van der Waals surface area contributed by atoms with Crippen molar-refractivity contribution in [1.29, 1.82) is 0 Å². The summed E-state index contributed by atoms with van der Waals surface area (Å²) < 4.78 is 16.2. The number of nitrogens with zero attached hydrogens (tertiary/aromatic N) is 2. The highest BCUT2D eigenvalue weighted by molar-refractivity contribution is 5.84. The number of carbonyl (C=O) groups excluding carboxylic acids is 1. The Balaban J connectivity index is 1.64. The van der Waals surface area contributed by atoms with E-state index in [1.807, 2.05) is 54.3 Å². The van der Waals surface area contributed by atoms with Gasteiger partial charge in [-0.25, -0.2) is 9.79 Å². The molecule has 4 rings (SSSR count). The lowest BCUT2D eigenvalue weighted by Crippen LogP contribution is -2.30. The van der Waals surface area contributed by atoms with Gasteiger partial charge in [-0.15, -0.1) is 0 Å². The Kier molecular flexibility index (Phi) is 7.32. The molecule has 0 saturated carbocycles. The molecule has 0 radical (unpaired) electrons. The van der Waals surface area contributed by atoms with E-state index in [4.69, 9.17) is 14.2 Å². The number of rotatable bonds is 8. The van der Waals surface area contributed by atoms with E-state index in [-0.39, 0.29) is 12.7 Å². The zero-order valence-electron chi connectivity index (χ0n) is 19.3. The summed E-state index contributed by atoms with van der Waals surface area (Å²) in [5, 5.41) is 13.0. The van der Waals surface area contributed by atoms with Crippen molar-refractivity contribution in [2.24, 2.45) is 10.9 Å². The first-order valence-corrected chi connectivity index (χ1v) is 11.3. The number of fused-ring (bicyclic) bond motifs is 1. The first-order valence-electron chi connectivity index (χ1n) is 11.3. The molecule has 0 spiro atoms. The molecule has 9 nitrogen and oxygen atoms in total. The average Bonchev–Trinajstić information content (AvgIpc) is 3.47. The highest BCUT2D eigenvalue weighted by Gasteiger charge is 2.47. The molecule has 2 aromatic carbocycles. The van der Waals surface area contributed by atoms with Crippen LogP contribution in [0.25, 0.3) is 0 Å². The van der Waals surface area contributed by atoms with Gasteiger partial charge >= 0.3 is 12.0 Å². The first-order chi connectivity index (χ1) is 16.5. The molecule has 9 heteroatoms. The molecular formula is C25H29N3O6. The van der Waals surface area contributed by atoms with Crippen LogP contribution in [0.4, 0.5) is 4.79 Å². The molecule has 0 aliphatic carbocycles. The molecule has 2 amide bonds. The van der Waals surface area contributed by atoms with E-state index in [2.05, 4.69) is 10.3 Å². The van der Waals surface area contributed by atoms with Crippen molar-refractivity contribution in [3.05, 3.63) is 53.6 Å². The third-order valence-electron chi connectivity index (χ3n) is 6.22. The Bertz CT molecular complexity index is 1060. The van der Waals surface area contributed by atoms with Crippen molar-refractivity contribution in [2.75, 3.05) is 33.5 Å². The second-order valence-corrected chi connectivity index (χ2v) is 8.30. The third kappa shape index (κ3) is 4.99. The van der Waals surface area contributed by atoms with E-state index in [0.717, 1.165) is 17.5 Å². The van der Waals surface area contributed by atoms with Gasteiger partial charge in [0.05, 0.1) is 13.0 Å². The van der Waals surface area contributed by atoms with Crippen molar-refractivity contribution >= 4 is 18.2 Å². The van der Waals surface area contributed by atoms with E-state index in [0.29, 0.717) is 36.9 Å². The fourth-order valence-corrected chi connectivity index (χ4v) is 4.60. The average molecular weight is 468 g/mol. The number of carbonyl (C=O) groups is 2. The standard InChI is InChI=1S/C25H29N3O6/c1-3-10-26-25(31)27-11-12-28-14-19(17-6-9-20-21(13-17)34-15-33-20)22(24(29)30)23(28)16-4-7-18(32-2)8-5-16/h4-9,11,13,19,22-23H,3,10,12,14-15H2,1-2H3,(H,26,31)(H,29,30)/t19-,22+,23-/m1/s1. The van der Waals surface area contributed by atoms with Gasteiger partial charge in [-0.1, -0.05) is 25.1 Å². The van der Waals surface area contributed by atoms with E-state index < -0.39 is 24.0 Å². The fourth-order valence-electron chi connectivity index (χ4n) is 4.60. The molecule has 0 aromatic heterocycles. The number of carboxylic acid groups (broad SMARTS) is 1. The van der Waals surface area contributed by atoms with E-state index in [9.17, 15) is 14.7 Å². The van der Waals surface area contributed by atoms with Gasteiger partial charge in [0.1, 0.15) is 5.75 Å². The number of ether oxygens (including phenoxy) is 3. The zero-order chi connectivity index (χ0) is 24.1. The number of aliphatic carboxylic acids is 1. The summed E-state index contributed by atoms with van der Waals surface area (Å²) in [6, 6.07) is 12.2. The normalized spacial score (nSPS) is 21.6. The molecule has 34 heavy (non-hydrogen) atoms. The number of nitrogens with one attached hydrogen (secondary N) is 1. The molecular weight excluding hydrogens is 438 g/mol. The molecule has 0 unspecified atom stereocenters. The van der Waals surface area contributed by atoms with E-state index in [1.165, 1.54) is 0 Å². The lowest BCUT2D eigenvalue weighted by molar-refractivity contribution is -0.143. The minimum Gasteiger partial charge on any atom is -0.497 e. The van der Waals surface area contributed by atoms with E-state index >= 15 is 0 Å². The quantitative estimate of drug-likeness (QED) is 0.572. The van der Waals surface area contributed by atoms with E-state index in [1.54, 1.807) is 13.3 Å². The molecule has 2 heterocycles. The molecule has 180 valence electrons. The first kappa shape index (κ1) is 23.6. The summed E-state index contributed by atoms with van der Waals surface area (Å²) in [7, 11) is 1.59. The number of urea groups is 1. The fraction of sp³-hybridized carbons (Fsp3) is 0.400. The maximum absolute atomic E-state index is 12.6. The number of aliphatic imine (C=N–C) groups is 1. The van der Waals surface area contributed by atoms with Crippen LogP contribution in [0.15, 0.2) is 47.5 Å². The second kappa shape index (κ2) is 10.6. The van der Waals surface area contributed by atoms with Crippen LogP contribution in [0, 0.1) is 5.92 Å². The van der Waals surface area contributed by atoms with Crippen molar-refractivity contribution in [2.45, 2.75) is 25.3 Å². The Hall–Kier alpha value is -3.59. The number of methoxy groups -OCH3 is 1. The summed E-state index contributed by atoms with van der Waals surface area (Å²) in [6.07, 6.45) is 2.37. The van der Waals surface area contributed by atoms with Gasteiger partial charge in [-0.2, -0.15) is 0 Å². The molecule has 1 fully saturated rings. The maximum Gasteiger partial charge on any atom is 0.340 e. The zero-order valence-corrected chi connectivity index (χ0v) is 19.3. The Morgan fingerprint density at radius 1 is 1.18 bits per heavy atom. The molecule has 2 aliphatic rings. The molecule has 1 saturated heterocycles. The number of hydrogen-bond donors (Lipinski definition) is 2. The second-order valence-electron chi connectivity index (χ2n) is 8.30. The number of likely N-dealkylation sites (tertiary alicyclic amines) is 1. The van der Waals surface area contributed by atoms with Crippen LogP contribution in [0.2, 0.25) is 0 Å². The van der Waals surface area contributed by atoms with Gasteiger partial charge in [0.2, 0.25) is 6.79 Å². The Morgan fingerprint density at radius 3 is 2.62 bits per heavy atom. The van der Waals surface area contributed by atoms with Crippen LogP contribution in [0.1, 0.15) is 36.4 Å². The van der Waals surface area contributed by atoms with Gasteiger partial charge < -0.3 is 24.6 Å². The minimum atomic E-state index is -0.886. The van der Waals surface area contributed by atoms with Crippen LogP contribution < -0.4 is 19.5 Å². The van der Waals surface area contributed by atoms with Gasteiger partial charge in [0.15, 0.2) is 11.5 Å². The molecule has 2 aliphatic heterocycles. The third-order valence-corrected chi connectivity index (χ3v) is 6.22. The smallest absolute Gasteiger partial charge is 0.340 e. The van der Waals surface area contributed by atoms with Crippen LogP contribution in [-0.4, -0.2) is 61.8 Å². The molecule has 0 bridgehead atoms. The highest BCUT2D eigenvalue weighted by atomic mass is 16.7.